The Labute approximate surface area is 94.4 Å². The minimum Gasteiger partial charge on any atom is -0.324 e. The number of thioether (sulfide) groups is 1. The van der Waals surface area contributed by atoms with E-state index in [2.05, 4.69) is 43.2 Å². The Balaban J connectivity index is 2.41. The van der Waals surface area contributed by atoms with Crippen LogP contribution in [-0.4, -0.2) is 10.8 Å². The van der Waals surface area contributed by atoms with Gasteiger partial charge in [-0.05, 0) is 36.1 Å². The second-order valence-corrected chi connectivity index (χ2v) is 4.09. The van der Waals surface area contributed by atoms with Crippen molar-refractivity contribution in [2.45, 2.75) is 4.90 Å². The molecule has 0 spiro atoms. The van der Waals surface area contributed by atoms with Crippen molar-refractivity contribution in [1.82, 2.24) is 4.57 Å². The Morgan fingerprint density at radius 1 is 1.20 bits per heavy atom. The predicted octanol–water partition coefficient (Wildman–Crippen LogP) is 3.98. The van der Waals surface area contributed by atoms with Crippen molar-refractivity contribution in [2.24, 2.45) is 0 Å². The normalized spacial score (nSPS) is 10.2. The highest BCUT2D eigenvalue weighted by Gasteiger charge is 2.01. The highest BCUT2D eigenvalue weighted by Crippen LogP contribution is 2.23. The van der Waals surface area contributed by atoms with Gasteiger partial charge in [-0.2, -0.15) is 0 Å². The highest BCUT2D eigenvalue weighted by atomic mass is 32.2. The Bertz CT molecular complexity index is 454. The summed E-state index contributed by atoms with van der Waals surface area (Å²) in [5, 5.41) is 0. The van der Waals surface area contributed by atoms with Crippen molar-refractivity contribution >= 4 is 18.0 Å². The fourth-order valence-corrected chi connectivity index (χ4v) is 1.97. The molecule has 1 nitrogen and oxygen atoms in total. The number of aromatic nitrogens is 1. The van der Waals surface area contributed by atoms with Crippen LogP contribution in [0.3, 0.4) is 0 Å². The Morgan fingerprint density at radius 2 is 1.93 bits per heavy atom. The summed E-state index contributed by atoms with van der Waals surface area (Å²) < 4.78 is 2.02. The SMILES string of the molecule is C=Cn1cccc1-c1ccc(SC)cc1. The lowest BCUT2D eigenvalue weighted by molar-refractivity contribution is 1.18. The Hall–Kier alpha value is -1.41. The summed E-state index contributed by atoms with van der Waals surface area (Å²) in [7, 11) is 0. The Kier molecular flexibility index (Phi) is 2.97. The molecule has 1 heterocycles. The number of nitrogens with zero attached hydrogens (tertiary/aromatic N) is 1. The van der Waals surface area contributed by atoms with Gasteiger partial charge >= 0.3 is 0 Å². The molecule has 0 N–H and O–H groups in total. The van der Waals surface area contributed by atoms with E-state index >= 15 is 0 Å². The van der Waals surface area contributed by atoms with Gasteiger partial charge < -0.3 is 4.57 Å². The summed E-state index contributed by atoms with van der Waals surface area (Å²) in [6.45, 7) is 3.78. The van der Waals surface area contributed by atoms with Crippen LogP contribution in [0.2, 0.25) is 0 Å². The molecule has 0 radical (unpaired) electrons. The molecular formula is C13H13NS. The summed E-state index contributed by atoms with van der Waals surface area (Å²) in [6, 6.07) is 12.7. The van der Waals surface area contributed by atoms with Crippen molar-refractivity contribution in [3.05, 3.63) is 49.2 Å². The molecule has 0 aliphatic heterocycles. The maximum Gasteiger partial charge on any atom is 0.0522 e. The van der Waals surface area contributed by atoms with E-state index in [9.17, 15) is 0 Å². The monoisotopic (exact) mass is 215 g/mol. The summed E-state index contributed by atoms with van der Waals surface area (Å²) in [6.07, 6.45) is 5.91. The highest BCUT2D eigenvalue weighted by molar-refractivity contribution is 7.98. The van der Waals surface area contributed by atoms with Gasteiger partial charge in [0.1, 0.15) is 0 Å². The first-order valence-electron chi connectivity index (χ1n) is 4.79. The maximum absolute atomic E-state index is 3.78. The van der Waals surface area contributed by atoms with Gasteiger partial charge in [-0.25, -0.2) is 0 Å². The molecule has 0 bridgehead atoms. The van der Waals surface area contributed by atoms with E-state index in [1.54, 1.807) is 11.8 Å². The number of hydrogen-bond donors (Lipinski definition) is 0. The van der Waals surface area contributed by atoms with E-state index in [1.165, 1.54) is 16.2 Å². The fraction of sp³-hybridized carbons (Fsp3) is 0.0769. The van der Waals surface area contributed by atoms with Crippen LogP contribution in [0.5, 0.6) is 0 Å². The molecule has 1 aromatic carbocycles. The smallest absolute Gasteiger partial charge is 0.0522 e. The van der Waals surface area contributed by atoms with E-state index in [-0.39, 0.29) is 0 Å². The molecular weight excluding hydrogens is 202 g/mol. The third-order valence-electron chi connectivity index (χ3n) is 2.36. The molecule has 15 heavy (non-hydrogen) atoms. The summed E-state index contributed by atoms with van der Waals surface area (Å²) in [5.41, 5.74) is 2.40. The molecule has 2 heteroatoms. The summed E-state index contributed by atoms with van der Waals surface area (Å²) in [4.78, 5) is 1.29. The molecule has 0 saturated heterocycles. The predicted molar refractivity (Wildman–Crippen MR) is 68.0 cm³/mol. The molecule has 0 saturated carbocycles. The van der Waals surface area contributed by atoms with E-state index in [1.807, 2.05) is 23.0 Å². The van der Waals surface area contributed by atoms with Gasteiger partial charge in [0, 0.05) is 17.3 Å². The molecule has 0 atom stereocenters. The van der Waals surface area contributed by atoms with Crippen molar-refractivity contribution in [1.29, 1.82) is 0 Å². The van der Waals surface area contributed by atoms with Crippen LogP contribution < -0.4 is 0 Å². The molecule has 0 amide bonds. The van der Waals surface area contributed by atoms with Gasteiger partial charge in [0.05, 0.1) is 5.69 Å². The van der Waals surface area contributed by atoms with Gasteiger partial charge in [0.15, 0.2) is 0 Å². The molecule has 0 aliphatic carbocycles. The lowest BCUT2D eigenvalue weighted by Gasteiger charge is -2.04. The number of benzene rings is 1. The summed E-state index contributed by atoms with van der Waals surface area (Å²) >= 11 is 1.76. The van der Waals surface area contributed by atoms with Crippen molar-refractivity contribution < 1.29 is 0 Å². The molecule has 76 valence electrons. The first kappa shape index (κ1) is 10.1. The van der Waals surface area contributed by atoms with Gasteiger partial charge in [-0.1, -0.05) is 18.7 Å². The van der Waals surface area contributed by atoms with Crippen LogP contribution in [0.25, 0.3) is 17.5 Å². The van der Waals surface area contributed by atoms with E-state index in [0.717, 1.165) is 0 Å². The average Bonchev–Trinajstić information content (AvgIpc) is 2.77. The van der Waals surface area contributed by atoms with Crippen molar-refractivity contribution in [2.75, 3.05) is 6.26 Å². The van der Waals surface area contributed by atoms with Crippen LogP contribution in [0.4, 0.5) is 0 Å². The molecule has 2 aromatic rings. The first-order valence-corrected chi connectivity index (χ1v) is 6.01. The third kappa shape index (κ3) is 2.00. The van der Waals surface area contributed by atoms with Gasteiger partial charge in [-0.15, -0.1) is 11.8 Å². The largest absolute Gasteiger partial charge is 0.324 e. The minimum atomic E-state index is 1.18. The molecule has 1 aromatic heterocycles. The summed E-state index contributed by atoms with van der Waals surface area (Å²) in [5.74, 6) is 0. The Morgan fingerprint density at radius 3 is 2.53 bits per heavy atom. The standard InChI is InChI=1S/C13H13NS/c1-3-14-10-4-5-13(14)11-6-8-12(15-2)9-7-11/h3-10H,1H2,2H3. The van der Waals surface area contributed by atoms with Gasteiger partial charge in [0.25, 0.3) is 0 Å². The molecule has 0 fully saturated rings. The lowest BCUT2D eigenvalue weighted by atomic mass is 10.1. The second kappa shape index (κ2) is 4.41. The van der Waals surface area contributed by atoms with Crippen LogP contribution in [0.1, 0.15) is 0 Å². The van der Waals surface area contributed by atoms with Gasteiger partial charge in [-0.3, -0.25) is 0 Å². The molecule has 0 unspecified atom stereocenters. The zero-order valence-electron chi connectivity index (χ0n) is 8.68. The van der Waals surface area contributed by atoms with Crippen LogP contribution >= 0.6 is 11.8 Å². The van der Waals surface area contributed by atoms with E-state index in [4.69, 9.17) is 0 Å². The quantitative estimate of drug-likeness (QED) is 0.701. The maximum atomic E-state index is 3.78. The van der Waals surface area contributed by atoms with Crippen molar-refractivity contribution in [3.63, 3.8) is 0 Å². The zero-order valence-corrected chi connectivity index (χ0v) is 9.50. The topological polar surface area (TPSA) is 4.93 Å². The van der Waals surface area contributed by atoms with Gasteiger partial charge in [0.2, 0.25) is 0 Å². The van der Waals surface area contributed by atoms with Crippen LogP contribution in [0, 0.1) is 0 Å². The van der Waals surface area contributed by atoms with E-state index in [0.29, 0.717) is 0 Å². The molecule has 0 aliphatic rings. The zero-order chi connectivity index (χ0) is 10.7. The third-order valence-corrected chi connectivity index (χ3v) is 3.10. The first-order chi connectivity index (χ1) is 7.35. The average molecular weight is 215 g/mol. The number of rotatable bonds is 3. The lowest BCUT2D eigenvalue weighted by Crippen LogP contribution is -1.86. The molecule has 2 rings (SSSR count). The van der Waals surface area contributed by atoms with Crippen LogP contribution in [-0.2, 0) is 0 Å². The fourth-order valence-electron chi connectivity index (χ4n) is 1.56. The minimum absolute atomic E-state index is 1.18. The number of hydrogen-bond acceptors (Lipinski definition) is 1. The second-order valence-electron chi connectivity index (χ2n) is 3.21. The van der Waals surface area contributed by atoms with E-state index < -0.39 is 0 Å². The van der Waals surface area contributed by atoms with Crippen molar-refractivity contribution in [3.8, 4) is 11.3 Å². The van der Waals surface area contributed by atoms with Crippen LogP contribution in [0.15, 0.2) is 54.1 Å².